The van der Waals surface area contributed by atoms with Crippen LogP contribution in [-0.2, 0) is 11.3 Å². The first kappa shape index (κ1) is 16.1. The molecule has 2 aromatic rings. The Balaban J connectivity index is 1.92. The molecular formula is C17H12BrClO4. The smallest absolute Gasteiger partial charge is 0.189 e. The lowest BCUT2D eigenvalue weighted by Crippen LogP contribution is -2.12. The van der Waals surface area contributed by atoms with E-state index in [9.17, 15) is 9.90 Å². The number of halogens is 2. The van der Waals surface area contributed by atoms with E-state index in [0.29, 0.717) is 17.4 Å². The summed E-state index contributed by atoms with van der Waals surface area (Å²) < 4.78 is 11.6. The molecule has 1 aliphatic rings. The summed E-state index contributed by atoms with van der Waals surface area (Å²) in [4.78, 5) is 12.3. The second kappa shape index (κ2) is 6.74. The summed E-state index contributed by atoms with van der Waals surface area (Å²) in [5.74, 6) is 0.245. The second-order valence-corrected chi connectivity index (χ2v) is 6.31. The molecule has 1 N–H and O–H groups in total. The maximum absolute atomic E-state index is 12.3. The van der Waals surface area contributed by atoms with Crippen LogP contribution in [-0.4, -0.2) is 17.7 Å². The van der Waals surface area contributed by atoms with Crippen molar-refractivity contribution >= 4 is 39.4 Å². The number of fused-ring (bicyclic) bond motifs is 1. The largest absolute Gasteiger partial charge is 0.507 e. The molecule has 0 fully saturated rings. The van der Waals surface area contributed by atoms with E-state index < -0.39 is 0 Å². The van der Waals surface area contributed by atoms with Crippen LogP contribution < -0.4 is 4.74 Å². The number of hydrogen-bond donors (Lipinski definition) is 1. The third-order valence-electron chi connectivity index (χ3n) is 3.34. The van der Waals surface area contributed by atoms with Gasteiger partial charge in [-0.15, -0.1) is 0 Å². The monoisotopic (exact) mass is 394 g/mol. The lowest BCUT2D eigenvalue weighted by Gasteiger charge is -2.20. The molecule has 0 aromatic heterocycles. The highest BCUT2D eigenvalue weighted by atomic mass is 79.9. The molecule has 0 saturated carbocycles. The summed E-state index contributed by atoms with van der Waals surface area (Å²) in [6.45, 7) is 0.636. The van der Waals surface area contributed by atoms with Crippen LogP contribution in [0.2, 0.25) is 5.02 Å². The average molecular weight is 396 g/mol. The molecule has 0 unspecified atom stereocenters. The predicted octanol–water partition coefficient (Wildman–Crippen LogP) is 4.57. The number of ketones is 1. The van der Waals surface area contributed by atoms with E-state index >= 15 is 0 Å². The minimum absolute atomic E-state index is 0.107. The quantitative estimate of drug-likeness (QED) is 0.611. The predicted molar refractivity (Wildman–Crippen MR) is 90.9 cm³/mol. The Hall–Kier alpha value is -1.82. The molecule has 0 atom stereocenters. The van der Waals surface area contributed by atoms with Crippen LogP contribution in [0, 0.1) is 0 Å². The first-order chi connectivity index (χ1) is 11.0. The van der Waals surface area contributed by atoms with Crippen molar-refractivity contribution in [1.29, 1.82) is 0 Å². The number of hydrogen-bond acceptors (Lipinski definition) is 4. The molecule has 0 saturated heterocycles. The van der Waals surface area contributed by atoms with Gasteiger partial charge in [0.15, 0.2) is 12.6 Å². The number of phenolic OH excluding ortho intramolecular Hbond substituents is 1. The van der Waals surface area contributed by atoms with Gasteiger partial charge in [-0.1, -0.05) is 27.5 Å². The molecule has 1 heterocycles. The highest BCUT2D eigenvalue weighted by molar-refractivity contribution is 9.10. The van der Waals surface area contributed by atoms with E-state index in [1.165, 1.54) is 24.3 Å². The van der Waals surface area contributed by atoms with Crippen molar-refractivity contribution < 1.29 is 19.4 Å². The van der Waals surface area contributed by atoms with Gasteiger partial charge < -0.3 is 14.6 Å². The topological polar surface area (TPSA) is 55.8 Å². The normalized spacial score (nSPS) is 13.7. The average Bonchev–Trinajstić information content (AvgIpc) is 2.54. The number of carbonyl (C=O) groups excluding carboxylic acids is 1. The fourth-order valence-electron chi connectivity index (χ4n) is 2.29. The molecule has 23 heavy (non-hydrogen) atoms. The molecule has 0 amide bonds. The molecule has 2 aromatic carbocycles. The molecule has 4 nitrogen and oxygen atoms in total. The maximum Gasteiger partial charge on any atom is 0.189 e. The van der Waals surface area contributed by atoms with Gasteiger partial charge in [0, 0.05) is 20.6 Å². The van der Waals surface area contributed by atoms with E-state index in [0.717, 1.165) is 15.6 Å². The molecule has 0 radical (unpaired) electrons. The van der Waals surface area contributed by atoms with E-state index in [-0.39, 0.29) is 23.9 Å². The van der Waals surface area contributed by atoms with Crippen LogP contribution in [0.15, 0.2) is 40.9 Å². The van der Waals surface area contributed by atoms with Gasteiger partial charge in [0.05, 0.1) is 12.2 Å². The third-order valence-corrected chi connectivity index (χ3v) is 4.03. The number of benzene rings is 2. The van der Waals surface area contributed by atoms with Crippen molar-refractivity contribution in [3.8, 4) is 11.5 Å². The Morgan fingerprint density at radius 2 is 2.13 bits per heavy atom. The molecule has 1 aliphatic heterocycles. The van der Waals surface area contributed by atoms with Gasteiger partial charge in [0.1, 0.15) is 11.5 Å². The lowest BCUT2D eigenvalue weighted by molar-refractivity contribution is -0.0165. The minimum Gasteiger partial charge on any atom is -0.507 e. The van der Waals surface area contributed by atoms with Gasteiger partial charge in [-0.2, -0.15) is 0 Å². The number of allylic oxidation sites excluding steroid dienone is 1. The SMILES string of the molecule is O=C(C=Cc1cc(Br)cc2c1OCOC2)c1cc(Cl)ccc1O. The number of ether oxygens (including phenoxy) is 2. The first-order valence-corrected chi connectivity index (χ1v) is 7.95. The van der Waals surface area contributed by atoms with E-state index in [1.54, 1.807) is 6.08 Å². The molecular weight excluding hydrogens is 384 g/mol. The number of rotatable bonds is 3. The van der Waals surface area contributed by atoms with Crippen molar-refractivity contribution in [1.82, 2.24) is 0 Å². The number of carbonyl (C=O) groups is 1. The summed E-state index contributed by atoms with van der Waals surface area (Å²) in [6.07, 6.45) is 3.03. The highest BCUT2D eigenvalue weighted by Gasteiger charge is 2.15. The third kappa shape index (κ3) is 3.58. The summed E-state index contributed by atoms with van der Waals surface area (Å²) >= 11 is 9.29. The summed E-state index contributed by atoms with van der Waals surface area (Å²) in [7, 11) is 0. The van der Waals surface area contributed by atoms with E-state index in [4.69, 9.17) is 21.1 Å². The Kier molecular flexibility index (Phi) is 4.71. The van der Waals surface area contributed by atoms with E-state index in [2.05, 4.69) is 15.9 Å². The highest BCUT2D eigenvalue weighted by Crippen LogP contribution is 2.33. The Morgan fingerprint density at radius 3 is 2.96 bits per heavy atom. The summed E-state index contributed by atoms with van der Waals surface area (Å²) in [5.41, 5.74) is 1.82. The zero-order chi connectivity index (χ0) is 16.4. The summed E-state index contributed by atoms with van der Waals surface area (Å²) in [5, 5.41) is 10.2. The molecule has 6 heteroatoms. The van der Waals surface area contributed by atoms with Crippen LogP contribution in [0.4, 0.5) is 0 Å². The van der Waals surface area contributed by atoms with Gasteiger partial charge in [-0.25, -0.2) is 0 Å². The second-order valence-electron chi connectivity index (χ2n) is 4.95. The Bertz CT molecular complexity index is 801. The molecule has 0 bridgehead atoms. The molecule has 3 rings (SSSR count). The van der Waals surface area contributed by atoms with E-state index in [1.807, 2.05) is 12.1 Å². The molecule has 0 aliphatic carbocycles. The van der Waals surface area contributed by atoms with Crippen molar-refractivity contribution in [2.24, 2.45) is 0 Å². The summed E-state index contributed by atoms with van der Waals surface area (Å²) in [6, 6.07) is 8.12. The zero-order valence-corrected chi connectivity index (χ0v) is 14.2. The van der Waals surface area contributed by atoms with Gasteiger partial charge in [0.25, 0.3) is 0 Å². The Morgan fingerprint density at radius 1 is 1.30 bits per heavy atom. The van der Waals surface area contributed by atoms with Crippen molar-refractivity contribution in [3.05, 3.63) is 62.6 Å². The number of aromatic hydroxyl groups is 1. The van der Waals surface area contributed by atoms with Gasteiger partial charge in [-0.3, -0.25) is 4.79 Å². The minimum atomic E-state index is -0.342. The van der Waals surface area contributed by atoms with Gasteiger partial charge >= 0.3 is 0 Å². The van der Waals surface area contributed by atoms with Gasteiger partial charge in [-0.05, 0) is 42.5 Å². The first-order valence-electron chi connectivity index (χ1n) is 6.78. The fourth-order valence-corrected chi connectivity index (χ4v) is 2.99. The van der Waals surface area contributed by atoms with Crippen LogP contribution in [0.1, 0.15) is 21.5 Å². The van der Waals surface area contributed by atoms with Crippen molar-refractivity contribution in [2.45, 2.75) is 6.61 Å². The number of phenols is 1. The zero-order valence-electron chi connectivity index (χ0n) is 11.9. The maximum atomic E-state index is 12.3. The van der Waals surface area contributed by atoms with Crippen LogP contribution in [0.3, 0.4) is 0 Å². The van der Waals surface area contributed by atoms with Crippen LogP contribution in [0.25, 0.3) is 6.08 Å². The van der Waals surface area contributed by atoms with Gasteiger partial charge in [0.2, 0.25) is 0 Å². The fraction of sp³-hybridized carbons (Fsp3) is 0.118. The molecule has 0 spiro atoms. The van der Waals surface area contributed by atoms with Crippen LogP contribution >= 0.6 is 27.5 Å². The standard InChI is InChI=1S/C17H12BrClO4/c18-12-5-10(17-11(6-12)8-22-9-23-17)1-3-15(20)14-7-13(19)2-4-16(14)21/h1-7,21H,8-9H2. The van der Waals surface area contributed by atoms with Crippen molar-refractivity contribution in [3.63, 3.8) is 0 Å². The Labute approximate surface area is 146 Å². The van der Waals surface area contributed by atoms with Crippen LogP contribution in [0.5, 0.6) is 11.5 Å². The van der Waals surface area contributed by atoms with Crippen molar-refractivity contribution in [2.75, 3.05) is 6.79 Å². The molecule has 118 valence electrons. The lowest BCUT2D eigenvalue weighted by atomic mass is 10.1.